The minimum atomic E-state index is -5.03. The highest BCUT2D eigenvalue weighted by molar-refractivity contribution is 6.02. The molecule has 0 saturated carbocycles. The monoisotopic (exact) mass is 468 g/mol. The molecular formula is C25H17F3NO5-. The molecule has 174 valence electrons. The van der Waals surface area contributed by atoms with E-state index in [0.717, 1.165) is 6.07 Å². The van der Waals surface area contributed by atoms with Crippen LogP contribution in [0.15, 0.2) is 78.9 Å². The van der Waals surface area contributed by atoms with Crippen molar-refractivity contribution in [2.75, 3.05) is 0 Å². The summed E-state index contributed by atoms with van der Waals surface area (Å²) in [5.41, 5.74) is 0.998. The van der Waals surface area contributed by atoms with E-state index < -0.39 is 23.5 Å². The Bertz CT molecular complexity index is 1360. The van der Waals surface area contributed by atoms with E-state index in [0.29, 0.717) is 22.0 Å². The van der Waals surface area contributed by atoms with Crippen molar-refractivity contribution in [3.63, 3.8) is 0 Å². The fourth-order valence-electron chi connectivity index (χ4n) is 3.47. The van der Waals surface area contributed by atoms with E-state index in [-0.39, 0.29) is 24.7 Å². The van der Waals surface area contributed by atoms with Crippen molar-refractivity contribution >= 4 is 22.7 Å². The van der Waals surface area contributed by atoms with Crippen molar-refractivity contribution in [2.45, 2.75) is 19.4 Å². The van der Waals surface area contributed by atoms with E-state index in [9.17, 15) is 27.9 Å². The molecule has 9 heteroatoms. The Balaban J connectivity index is 1.55. The molecule has 0 aliphatic heterocycles. The molecule has 4 rings (SSSR count). The van der Waals surface area contributed by atoms with Gasteiger partial charge >= 0.3 is 6.18 Å². The lowest BCUT2D eigenvalue weighted by atomic mass is 10.1. The van der Waals surface area contributed by atoms with Gasteiger partial charge in [-0.2, -0.15) is 17.9 Å². The number of aromatic carboxylic acids is 1. The molecular weight excluding hydrogens is 451 g/mol. The van der Waals surface area contributed by atoms with Crippen LogP contribution in [-0.2, 0) is 13.2 Å². The Morgan fingerprint density at radius 3 is 2.18 bits per heavy atom. The normalized spacial score (nSPS) is 11.4. The lowest BCUT2D eigenvalue weighted by Crippen LogP contribution is -2.28. The first-order valence-corrected chi connectivity index (χ1v) is 10.1. The van der Waals surface area contributed by atoms with Crippen LogP contribution in [0, 0.1) is 0 Å². The Kier molecular flexibility index (Phi) is 6.27. The Morgan fingerprint density at radius 1 is 0.853 bits per heavy atom. The maximum Gasteiger partial charge on any atom is 0.455 e. The molecule has 0 unspecified atom stereocenters. The highest BCUT2D eigenvalue weighted by Gasteiger charge is 2.40. The fraction of sp³-hybridized carbons (Fsp3) is 0.120. The number of halogens is 3. The second-order valence-corrected chi connectivity index (χ2v) is 7.32. The number of alkyl halides is 3. The fourth-order valence-corrected chi connectivity index (χ4v) is 3.47. The highest BCUT2D eigenvalue weighted by atomic mass is 19.4. The van der Waals surface area contributed by atoms with Gasteiger partial charge in [-0.05, 0) is 35.4 Å². The number of ketones is 1. The predicted molar refractivity (Wildman–Crippen MR) is 114 cm³/mol. The minimum Gasteiger partial charge on any atom is -0.543 e. The van der Waals surface area contributed by atoms with Gasteiger partial charge in [0.25, 0.3) is 5.78 Å². The van der Waals surface area contributed by atoms with E-state index in [1.54, 1.807) is 48.5 Å². The summed E-state index contributed by atoms with van der Waals surface area (Å²) in [6.07, 6.45) is -5.03. The third-order valence-corrected chi connectivity index (χ3v) is 5.12. The van der Waals surface area contributed by atoms with Crippen molar-refractivity contribution < 1.29 is 37.4 Å². The number of rotatable bonds is 8. The molecule has 3 aromatic carbocycles. The number of carboxylic acids is 1. The summed E-state index contributed by atoms with van der Waals surface area (Å²) in [5.74, 6) is -3.59. The topological polar surface area (TPSA) is 80.6 Å². The largest absolute Gasteiger partial charge is 0.543 e. The summed E-state index contributed by atoms with van der Waals surface area (Å²) in [5, 5.41) is 12.2. The van der Waals surface area contributed by atoms with Gasteiger partial charge in [-0.15, -0.1) is 0 Å². The number of aromatic nitrogens is 1. The van der Waals surface area contributed by atoms with Gasteiger partial charge in [0.2, 0.25) is 0 Å². The van der Waals surface area contributed by atoms with Crippen molar-refractivity contribution in [2.24, 2.45) is 0 Å². The lowest BCUT2D eigenvalue weighted by molar-refractivity contribution is -0.256. The maximum absolute atomic E-state index is 12.9. The second kappa shape index (κ2) is 9.30. The molecule has 6 nitrogen and oxygen atoms in total. The molecule has 34 heavy (non-hydrogen) atoms. The quantitative estimate of drug-likeness (QED) is 0.366. The molecule has 0 radical (unpaired) electrons. The number of ether oxygens (including phenoxy) is 1. The first-order valence-electron chi connectivity index (χ1n) is 10.1. The van der Waals surface area contributed by atoms with Crippen molar-refractivity contribution in [3.8, 4) is 5.75 Å². The predicted octanol–water partition coefficient (Wildman–Crippen LogP) is 3.96. The Hall–Kier alpha value is -4.27. The molecule has 0 fully saturated rings. The number of Topliss-reactive ketones (excluding diaryl/α,β-unsaturated/α-hetero) is 1. The lowest BCUT2D eigenvalue weighted by Gasteiger charge is -2.16. The number of nitrogens with zero attached hydrogens (tertiary/aromatic N) is 1. The van der Waals surface area contributed by atoms with Crippen LogP contribution in [0.3, 0.4) is 0 Å². The van der Waals surface area contributed by atoms with Crippen LogP contribution in [0.5, 0.6) is 5.75 Å². The smallest absolute Gasteiger partial charge is 0.455 e. The zero-order chi connectivity index (χ0) is 24.3. The maximum atomic E-state index is 12.9. The van der Waals surface area contributed by atoms with Gasteiger partial charge in [0.15, 0.2) is 0 Å². The molecule has 4 aromatic rings. The average Bonchev–Trinajstić information content (AvgIpc) is 3.20. The van der Waals surface area contributed by atoms with E-state index in [2.05, 4.69) is 0 Å². The van der Waals surface area contributed by atoms with Crippen molar-refractivity contribution in [1.82, 2.24) is 4.73 Å². The van der Waals surface area contributed by atoms with Gasteiger partial charge in [0.05, 0.1) is 17.0 Å². The number of carbonyl (C=O) groups is 2. The van der Waals surface area contributed by atoms with E-state index in [1.165, 1.54) is 29.0 Å². The third kappa shape index (κ3) is 4.73. The number of hydrogen-bond donors (Lipinski definition) is 0. The molecule has 0 atom stereocenters. The van der Waals surface area contributed by atoms with Crippen LogP contribution in [0.2, 0.25) is 0 Å². The number of carboxylic acid groups (broad SMARTS) is 1. The molecule has 0 aliphatic rings. The summed E-state index contributed by atoms with van der Waals surface area (Å²) >= 11 is 0. The van der Waals surface area contributed by atoms with Gasteiger partial charge in [0, 0.05) is 5.39 Å². The van der Waals surface area contributed by atoms with Crippen LogP contribution in [0.4, 0.5) is 13.2 Å². The van der Waals surface area contributed by atoms with E-state index in [4.69, 9.17) is 9.57 Å². The number of hydrogen-bond acceptors (Lipinski definition) is 5. The van der Waals surface area contributed by atoms with Crippen LogP contribution in [0.25, 0.3) is 10.9 Å². The van der Waals surface area contributed by atoms with Gasteiger partial charge in [-0.1, -0.05) is 54.6 Å². The van der Waals surface area contributed by atoms with Crippen LogP contribution in [0.1, 0.15) is 32.0 Å². The molecule has 1 aromatic heterocycles. The summed E-state index contributed by atoms with van der Waals surface area (Å²) in [4.78, 5) is 29.0. The SMILES string of the molecule is O=C([O-])c1cc2ccccc2n1OCc1ccccc1COc1ccccc1C(=O)C(F)(F)F. The number of carbonyl (C=O) groups excluding carboxylic acids is 2. The number of para-hydroxylation sites is 2. The average molecular weight is 468 g/mol. The van der Waals surface area contributed by atoms with Gasteiger partial charge < -0.3 is 19.5 Å². The molecule has 1 heterocycles. The molecule has 0 saturated heterocycles. The van der Waals surface area contributed by atoms with Crippen molar-refractivity contribution in [1.29, 1.82) is 0 Å². The third-order valence-electron chi connectivity index (χ3n) is 5.12. The second-order valence-electron chi connectivity index (χ2n) is 7.32. The minimum absolute atomic E-state index is 0.0540. The first-order chi connectivity index (χ1) is 16.3. The summed E-state index contributed by atoms with van der Waals surface area (Å²) < 4.78 is 45.5. The zero-order valence-electron chi connectivity index (χ0n) is 17.5. The highest BCUT2D eigenvalue weighted by Crippen LogP contribution is 2.28. The summed E-state index contributed by atoms with van der Waals surface area (Å²) in [6, 6.07) is 20.4. The number of fused-ring (bicyclic) bond motifs is 1. The summed E-state index contributed by atoms with van der Waals surface area (Å²) in [6.45, 7) is -0.191. The Morgan fingerprint density at radius 2 is 1.47 bits per heavy atom. The number of benzene rings is 3. The van der Waals surface area contributed by atoms with Crippen LogP contribution < -0.4 is 14.7 Å². The van der Waals surface area contributed by atoms with Gasteiger partial charge in [-0.25, -0.2) is 0 Å². The molecule has 0 spiro atoms. The zero-order valence-corrected chi connectivity index (χ0v) is 17.5. The van der Waals surface area contributed by atoms with Crippen LogP contribution in [-0.4, -0.2) is 22.7 Å². The molecule has 0 N–H and O–H groups in total. The molecule has 0 amide bonds. The van der Waals surface area contributed by atoms with E-state index in [1.807, 2.05) is 0 Å². The molecule has 0 aliphatic carbocycles. The standard InChI is InChI=1S/C25H18F3NO5/c26-25(27,28)23(30)19-10-4-6-12-22(19)33-14-17-8-1-2-9-18(17)15-34-29-20-11-5-3-7-16(20)13-21(29)24(31)32/h1-13H,14-15H2,(H,31,32)/p-1. The van der Waals surface area contributed by atoms with Gasteiger partial charge in [-0.3, -0.25) is 4.79 Å². The first kappa shape index (κ1) is 22.9. The molecule has 0 bridgehead atoms. The van der Waals surface area contributed by atoms with Crippen LogP contribution >= 0.6 is 0 Å². The van der Waals surface area contributed by atoms with E-state index >= 15 is 0 Å². The van der Waals surface area contributed by atoms with Gasteiger partial charge in [0.1, 0.15) is 24.7 Å². The Labute approximate surface area is 191 Å². The summed E-state index contributed by atoms with van der Waals surface area (Å²) in [7, 11) is 0. The van der Waals surface area contributed by atoms with Crippen molar-refractivity contribution in [3.05, 3.63) is 101 Å².